The van der Waals surface area contributed by atoms with E-state index in [1.165, 1.54) is 0 Å². The normalized spacial score (nSPS) is 14.6. The van der Waals surface area contributed by atoms with Gasteiger partial charge in [0.2, 0.25) is 0 Å². The smallest absolute Gasteiger partial charge is 0.303 e. The molecule has 21 heavy (non-hydrogen) atoms. The van der Waals surface area contributed by atoms with Crippen molar-refractivity contribution < 1.29 is 19.4 Å². The van der Waals surface area contributed by atoms with Crippen molar-refractivity contribution in [2.75, 3.05) is 13.2 Å². The number of hydrogen-bond donors (Lipinski definition) is 1. The van der Waals surface area contributed by atoms with E-state index >= 15 is 0 Å². The quantitative estimate of drug-likeness (QED) is 0.864. The predicted molar refractivity (Wildman–Crippen MR) is 84.1 cm³/mol. The average Bonchev–Trinajstić information content (AvgIpc) is 2.59. The van der Waals surface area contributed by atoms with E-state index in [2.05, 4.69) is 15.9 Å². The third-order valence-electron chi connectivity index (χ3n) is 3.62. The first-order chi connectivity index (χ1) is 9.87. The number of benzene rings is 1. The third kappa shape index (κ3) is 4.63. The molecule has 0 saturated carbocycles. The highest BCUT2D eigenvalue weighted by Gasteiger charge is 2.22. The Morgan fingerprint density at radius 3 is 2.52 bits per heavy atom. The third-order valence-corrected chi connectivity index (χ3v) is 4.36. The minimum Gasteiger partial charge on any atom is -0.490 e. The van der Waals surface area contributed by atoms with Gasteiger partial charge in [-0.3, -0.25) is 4.79 Å². The molecule has 1 aliphatic heterocycles. The first-order valence-corrected chi connectivity index (χ1v) is 7.96. The average molecular weight is 357 g/mol. The zero-order valence-electron chi connectivity index (χ0n) is 12.4. The second-order valence-corrected chi connectivity index (χ2v) is 7.03. The number of aliphatic carboxylic acids is 1. The van der Waals surface area contributed by atoms with Crippen LogP contribution in [0.1, 0.15) is 38.7 Å². The second kappa shape index (κ2) is 6.69. The molecule has 0 unspecified atom stereocenters. The van der Waals surface area contributed by atoms with Crippen molar-refractivity contribution in [3.8, 4) is 11.5 Å². The fourth-order valence-corrected chi connectivity index (χ4v) is 2.91. The number of carbonyl (C=O) groups is 1. The van der Waals surface area contributed by atoms with Crippen LogP contribution in [0.2, 0.25) is 0 Å². The Morgan fingerprint density at radius 1 is 1.29 bits per heavy atom. The maximum atomic E-state index is 10.9. The van der Waals surface area contributed by atoms with Gasteiger partial charge < -0.3 is 14.6 Å². The predicted octanol–water partition coefficient (Wildman–Crippen LogP) is 4.04. The van der Waals surface area contributed by atoms with Gasteiger partial charge in [-0.1, -0.05) is 29.8 Å². The van der Waals surface area contributed by atoms with Gasteiger partial charge in [0.05, 0.1) is 19.6 Å². The van der Waals surface area contributed by atoms with Gasteiger partial charge in [0.15, 0.2) is 11.5 Å². The largest absolute Gasteiger partial charge is 0.490 e. The molecule has 1 heterocycles. The first-order valence-electron chi connectivity index (χ1n) is 7.17. The van der Waals surface area contributed by atoms with Gasteiger partial charge in [0, 0.05) is 10.9 Å². The Bertz CT molecular complexity index is 525. The van der Waals surface area contributed by atoms with E-state index in [-0.39, 0.29) is 11.8 Å². The van der Waals surface area contributed by atoms with E-state index in [1.54, 1.807) is 0 Å². The fraction of sp³-hybridized carbons (Fsp3) is 0.562. The van der Waals surface area contributed by atoms with Crippen molar-refractivity contribution in [2.45, 2.75) is 39.5 Å². The summed E-state index contributed by atoms with van der Waals surface area (Å²) in [5.74, 6) is 0.799. The highest BCUT2D eigenvalue weighted by Crippen LogP contribution is 2.37. The Hall–Kier alpha value is -1.23. The molecule has 0 spiro atoms. The summed E-state index contributed by atoms with van der Waals surface area (Å²) in [5.41, 5.74) is 0.896. The van der Waals surface area contributed by atoms with Crippen LogP contribution in [0.25, 0.3) is 0 Å². The van der Waals surface area contributed by atoms with Crippen molar-refractivity contribution in [3.63, 3.8) is 0 Å². The molecule has 0 atom stereocenters. The zero-order chi connectivity index (χ0) is 15.5. The molecule has 0 saturated heterocycles. The van der Waals surface area contributed by atoms with E-state index in [0.717, 1.165) is 40.8 Å². The summed E-state index contributed by atoms with van der Waals surface area (Å²) in [6, 6.07) is 3.95. The number of halogens is 1. The van der Waals surface area contributed by atoms with Crippen LogP contribution in [0.3, 0.4) is 0 Å². The molecular formula is C16H21BrO4. The van der Waals surface area contributed by atoms with Crippen LogP contribution in [0.4, 0.5) is 0 Å². The molecule has 0 amide bonds. The summed E-state index contributed by atoms with van der Waals surface area (Å²) >= 11 is 3.57. The SMILES string of the molecule is CC(C)(CCc1cc2c(cc1Br)OCCCO2)CC(=O)O. The molecule has 0 bridgehead atoms. The maximum absolute atomic E-state index is 10.9. The number of hydrogen-bond acceptors (Lipinski definition) is 3. The number of ether oxygens (including phenoxy) is 2. The molecule has 5 heteroatoms. The highest BCUT2D eigenvalue weighted by molar-refractivity contribution is 9.10. The lowest BCUT2D eigenvalue weighted by molar-refractivity contribution is -0.139. The van der Waals surface area contributed by atoms with Crippen LogP contribution < -0.4 is 9.47 Å². The zero-order valence-corrected chi connectivity index (χ0v) is 14.0. The molecule has 1 aromatic carbocycles. The Labute approximate surface area is 133 Å². The molecule has 0 radical (unpaired) electrons. The lowest BCUT2D eigenvalue weighted by Gasteiger charge is -2.22. The van der Waals surface area contributed by atoms with Crippen molar-refractivity contribution in [1.82, 2.24) is 0 Å². The van der Waals surface area contributed by atoms with Crippen molar-refractivity contribution >= 4 is 21.9 Å². The lowest BCUT2D eigenvalue weighted by atomic mass is 9.83. The van der Waals surface area contributed by atoms with Crippen LogP contribution in [0.15, 0.2) is 16.6 Å². The summed E-state index contributed by atoms with van der Waals surface area (Å²) in [5, 5.41) is 8.94. The minimum absolute atomic E-state index is 0.176. The molecule has 2 rings (SSSR count). The molecular weight excluding hydrogens is 336 g/mol. The number of aryl methyl sites for hydroxylation is 1. The Kier molecular flexibility index (Phi) is 5.14. The van der Waals surface area contributed by atoms with Crippen molar-refractivity contribution in [3.05, 3.63) is 22.2 Å². The van der Waals surface area contributed by atoms with E-state index in [0.29, 0.717) is 13.2 Å². The Balaban J connectivity index is 2.10. The van der Waals surface area contributed by atoms with Crippen molar-refractivity contribution in [1.29, 1.82) is 0 Å². The fourth-order valence-electron chi connectivity index (χ4n) is 2.39. The summed E-state index contributed by atoms with van der Waals surface area (Å²) in [4.78, 5) is 10.9. The van der Waals surface area contributed by atoms with Gasteiger partial charge in [-0.15, -0.1) is 0 Å². The number of carboxylic acids is 1. The van der Waals surface area contributed by atoms with Crippen LogP contribution in [-0.2, 0) is 11.2 Å². The van der Waals surface area contributed by atoms with Crippen LogP contribution >= 0.6 is 15.9 Å². The molecule has 1 aliphatic rings. The molecule has 116 valence electrons. The van der Waals surface area contributed by atoms with Gasteiger partial charge in [-0.25, -0.2) is 0 Å². The first kappa shape index (κ1) is 16.1. The van der Waals surface area contributed by atoms with Crippen molar-refractivity contribution in [2.24, 2.45) is 5.41 Å². The van der Waals surface area contributed by atoms with Gasteiger partial charge >= 0.3 is 5.97 Å². The lowest BCUT2D eigenvalue weighted by Crippen LogP contribution is -2.17. The standard InChI is InChI=1S/C16H21BrO4/c1-16(2,10-15(18)19)5-4-11-8-13-14(9-12(11)17)21-7-3-6-20-13/h8-9H,3-7,10H2,1-2H3,(H,18,19). The minimum atomic E-state index is -0.752. The van der Waals surface area contributed by atoms with Crippen LogP contribution in [0.5, 0.6) is 11.5 Å². The summed E-state index contributed by atoms with van der Waals surface area (Å²) in [6.07, 6.45) is 2.66. The summed E-state index contributed by atoms with van der Waals surface area (Å²) < 4.78 is 12.3. The van der Waals surface area contributed by atoms with Gasteiger partial charge in [-0.05, 0) is 36.0 Å². The molecule has 1 aromatic rings. The molecule has 0 aliphatic carbocycles. The maximum Gasteiger partial charge on any atom is 0.303 e. The summed E-state index contributed by atoms with van der Waals surface area (Å²) in [7, 11) is 0. The highest BCUT2D eigenvalue weighted by atomic mass is 79.9. The number of rotatable bonds is 5. The second-order valence-electron chi connectivity index (χ2n) is 6.18. The molecule has 0 fully saturated rings. The van der Waals surface area contributed by atoms with E-state index < -0.39 is 5.97 Å². The Morgan fingerprint density at radius 2 is 1.90 bits per heavy atom. The molecule has 4 nitrogen and oxygen atoms in total. The van der Waals surface area contributed by atoms with Gasteiger partial charge in [0.25, 0.3) is 0 Å². The van der Waals surface area contributed by atoms with E-state index in [4.69, 9.17) is 14.6 Å². The monoisotopic (exact) mass is 356 g/mol. The van der Waals surface area contributed by atoms with Crippen LogP contribution in [0, 0.1) is 5.41 Å². The topological polar surface area (TPSA) is 55.8 Å². The van der Waals surface area contributed by atoms with Crippen LogP contribution in [-0.4, -0.2) is 24.3 Å². The molecule has 1 N–H and O–H groups in total. The summed E-state index contributed by atoms with van der Waals surface area (Å²) in [6.45, 7) is 5.30. The molecule has 0 aromatic heterocycles. The van der Waals surface area contributed by atoms with E-state index in [1.807, 2.05) is 26.0 Å². The van der Waals surface area contributed by atoms with E-state index in [9.17, 15) is 4.79 Å². The van der Waals surface area contributed by atoms with Gasteiger partial charge in [0.1, 0.15) is 0 Å². The number of carboxylic acid groups (broad SMARTS) is 1. The van der Waals surface area contributed by atoms with Gasteiger partial charge in [-0.2, -0.15) is 0 Å². The number of fused-ring (bicyclic) bond motifs is 1.